The molecule has 1 amide bonds. The Morgan fingerprint density at radius 1 is 0.970 bits per heavy atom. The Bertz CT molecular complexity index is 1230. The summed E-state index contributed by atoms with van der Waals surface area (Å²) >= 11 is 0. The van der Waals surface area contributed by atoms with Gasteiger partial charge in [-0.15, -0.1) is 0 Å². The minimum atomic E-state index is -3.72. The first-order chi connectivity index (χ1) is 15.9. The van der Waals surface area contributed by atoms with E-state index in [2.05, 4.69) is 5.32 Å². The van der Waals surface area contributed by atoms with Crippen molar-refractivity contribution in [2.24, 2.45) is 0 Å². The zero-order chi connectivity index (χ0) is 23.4. The Morgan fingerprint density at radius 2 is 1.64 bits per heavy atom. The number of fused-ring (bicyclic) bond motifs is 1. The predicted octanol–water partition coefficient (Wildman–Crippen LogP) is 3.79. The van der Waals surface area contributed by atoms with Crippen molar-refractivity contribution >= 4 is 21.6 Å². The van der Waals surface area contributed by atoms with E-state index in [9.17, 15) is 13.2 Å². The Hall–Kier alpha value is -3.52. The monoisotopic (exact) mass is 466 g/mol. The van der Waals surface area contributed by atoms with Gasteiger partial charge >= 0.3 is 0 Å². The van der Waals surface area contributed by atoms with Crippen LogP contribution in [0.1, 0.15) is 29.7 Å². The number of hydrogen-bond donors (Lipinski definition) is 1. The van der Waals surface area contributed by atoms with E-state index in [0.29, 0.717) is 17.2 Å². The van der Waals surface area contributed by atoms with Gasteiger partial charge in [0.1, 0.15) is 6.54 Å². The highest BCUT2D eigenvalue weighted by Crippen LogP contribution is 2.36. The summed E-state index contributed by atoms with van der Waals surface area (Å²) in [6.45, 7) is 3.27. The third-order valence-corrected chi connectivity index (χ3v) is 7.22. The van der Waals surface area contributed by atoms with Gasteiger partial charge < -0.3 is 14.8 Å². The zero-order valence-electron chi connectivity index (χ0n) is 18.5. The highest BCUT2D eigenvalue weighted by molar-refractivity contribution is 7.92. The van der Waals surface area contributed by atoms with E-state index in [4.69, 9.17) is 9.47 Å². The molecule has 1 heterocycles. The summed E-state index contributed by atoms with van der Waals surface area (Å²) in [7, 11) is -3.72. The van der Waals surface area contributed by atoms with Crippen molar-refractivity contribution in [3.8, 4) is 11.5 Å². The number of amides is 1. The number of benzene rings is 3. The molecule has 0 fully saturated rings. The summed E-state index contributed by atoms with van der Waals surface area (Å²) in [6, 6.07) is 21.9. The lowest BCUT2D eigenvalue weighted by molar-refractivity contribution is -0.120. The molecule has 7 nitrogen and oxygen atoms in total. The van der Waals surface area contributed by atoms with Gasteiger partial charge in [-0.3, -0.25) is 9.10 Å². The topological polar surface area (TPSA) is 84.9 Å². The molecule has 0 spiro atoms. The summed E-state index contributed by atoms with van der Waals surface area (Å²) < 4.78 is 37.6. The first kappa shape index (κ1) is 22.7. The number of carbonyl (C=O) groups excluding carboxylic acids is 1. The SMILES string of the molecule is CCS(=O)(=O)N(CC(=O)NC(c1ccccc1)c1ccc(C)cc1)c1ccc2c(c1)OCO2. The second-order valence-electron chi connectivity index (χ2n) is 7.77. The van der Waals surface area contributed by atoms with Crippen LogP contribution < -0.4 is 19.1 Å². The maximum absolute atomic E-state index is 13.2. The highest BCUT2D eigenvalue weighted by atomic mass is 32.2. The van der Waals surface area contributed by atoms with Gasteiger partial charge in [0.25, 0.3) is 0 Å². The second-order valence-corrected chi connectivity index (χ2v) is 9.95. The molecule has 0 aromatic heterocycles. The van der Waals surface area contributed by atoms with Crippen LogP contribution in [0.2, 0.25) is 0 Å². The lowest BCUT2D eigenvalue weighted by Crippen LogP contribution is -2.42. The summed E-state index contributed by atoms with van der Waals surface area (Å²) in [5, 5.41) is 3.02. The van der Waals surface area contributed by atoms with Crippen LogP contribution in [-0.4, -0.2) is 33.4 Å². The predicted molar refractivity (Wildman–Crippen MR) is 127 cm³/mol. The van der Waals surface area contributed by atoms with Crippen molar-refractivity contribution in [2.75, 3.05) is 23.4 Å². The third kappa shape index (κ3) is 5.12. The number of hydrogen-bond acceptors (Lipinski definition) is 5. The van der Waals surface area contributed by atoms with Crippen LogP contribution in [0.5, 0.6) is 11.5 Å². The van der Waals surface area contributed by atoms with Crippen molar-refractivity contribution in [1.29, 1.82) is 0 Å². The molecule has 4 rings (SSSR count). The maximum atomic E-state index is 13.2. The van der Waals surface area contributed by atoms with Crippen LogP contribution in [0, 0.1) is 6.92 Å². The first-order valence-electron chi connectivity index (χ1n) is 10.7. The molecule has 0 aliphatic carbocycles. The molecule has 0 bridgehead atoms. The number of sulfonamides is 1. The van der Waals surface area contributed by atoms with E-state index >= 15 is 0 Å². The van der Waals surface area contributed by atoms with E-state index in [1.54, 1.807) is 25.1 Å². The lowest BCUT2D eigenvalue weighted by Gasteiger charge is -2.26. The molecule has 1 N–H and O–H groups in total. The molecule has 172 valence electrons. The van der Waals surface area contributed by atoms with Crippen LogP contribution >= 0.6 is 0 Å². The molecule has 3 aromatic carbocycles. The van der Waals surface area contributed by atoms with Crippen LogP contribution in [0.4, 0.5) is 5.69 Å². The summed E-state index contributed by atoms with van der Waals surface area (Å²) in [5.41, 5.74) is 3.28. The lowest BCUT2D eigenvalue weighted by atomic mass is 9.98. The van der Waals surface area contributed by atoms with Gasteiger partial charge in [0, 0.05) is 6.07 Å². The second kappa shape index (κ2) is 9.54. The van der Waals surface area contributed by atoms with E-state index in [0.717, 1.165) is 21.0 Å². The number of carbonyl (C=O) groups is 1. The number of ether oxygens (including phenoxy) is 2. The maximum Gasteiger partial charge on any atom is 0.241 e. The van der Waals surface area contributed by atoms with Crippen LogP contribution in [0.15, 0.2) is 72.8 Å². The first-order valence-corrected chi connectivity index (χ1v) is 12.3. The van der Waals surface area contributed by atoms with Crippen LogP contribution in [0.3, 0.4) is 0 Å². The van der Waals surface area contributed by atoms with Crippen molar-refractivity contribution < 1.29 is 22.7 Å². The van der Waals surface area contributed by atoms with Gasteiger partial charge in [-0.2, -0.15) is 0 Å². The molecule has 1 aliphatic rings. The van der Waals surface area contributed by atoms with Gasteiger partial charge in [0.15, 0.2) is 11.5 Å². The van der Waals surface area contributed by atoms with Crippen molar-refractivity contribution in [1.82, 2.24) is 5.32 Å². The molecule has 1 unspecified atom stereocenters. The van der Waals surface area contributed by atoms with Gasteiger partial charge in [0.05, 0.1) is 17.5 Å². The molecule has 33 heavy (non-hydrogen) atoms. The quantitative estimate of drug-likeness (QED) is 0.546. The third-order valence-electron chi connectivity index (χ3n) is 5.48. The van der Waals surface area contributed by atoms with E-state index in [1.165, 1.54) is 0 Å². The average Bonchev–Trinajstić information content (AvgIpc) is 3.30. The fourth-order valence-corrected chi connectivity index (χ4v) is 4.71. The normalized spacial score (nSPS) is 13.4. The minimum Gasteiger partial charge on any atom is -0.454 e. The molecular formula is C25H26N2O5S. The minimum absolute atomic E-state index is 0.0785. The molecule has 1 aliphatic heterocycles. The number of nitrogens with one attached hydrogen (secondary N) is 1. The number of rotatable bonds is 8. The zero-order valence-corrected chi connectivity index (χ0v) is 19.3. The molecule has 8 heteroatoms. The van der Waals surface area contributed by atoms with Crippen molar-refractivity contribution in [3.05, 3.63) is 89.5 Å². The summed E-state index contributed by atoms with van der Waals surface area (Å²) in [6.07, 6.45) is 0. The number of nitrogens with zero attached hydrogens (tertiary/aromatic N) is 1. The van der Waals surface area contributed by atoms with Gasteiger partial charge in [-0.25, -0.2) is 8.42 Å². The van der Waals surface area contributed by atoms with E-state index in [-0.39, 0.29) is 19.1 Å². The Balaban J connectivity index is 1.62. The molecule has 1 atom stereocenters. The summed E-state index contributed by atoms with van der Waals surface area (Å²) in [4.78, 5) is 13.2. The summed E-state index contributed by atoms with van der Waals surface area (Å²) in [5.74, 6) is 0.431. The Labute approximate surface area is 194 Å². The molecule has 0 saturated heterocycles. The Kier molecular flexibility index (Phi) is 6.55. The fraction of sp³-hybridized carbons (Fsp3) is 0.240. The van der Waals surface area contributed by atoms with Crippen LogP contribution in [-0.2, 0) is 14.8 Å². The van der Waals surface area contributed by atoms with E-state index < -0.39 is 22.0 Å². The van der Waals surface area contributed by atoms with Crippen LogP contribution in [0.25, 0.3) is 0 Å². The highest BCUT2D eigenvalue weighted by Gasteiger charge is 2.27. The smallest absolute Gasteiger partial charge is 0.241 e. The number of aryl methyl sites for hydroxylation is 1. The van der Waals surface area contributed by atoms with Crippen molar-refractivity contribution in [2.45, 2.75) is 19.9 Å². The standard InChI is InChI=1S/C25H26N2O5S/c1-3-33(29,30)27(21-13-14-22-23(15-21)32-17-31-22)16-24(28)26-25(19-7-5-4-6-8-19)20-11-9-18(2)10-12-20/h4-15,25H,3,16-17H2,1-2H3,(H,26,28). The molecule has 0 radical (unpaired) electrons. The van der Waals surface area contributed by atoms with Crippen molar-refractivity contribution in [3.63, 3.8) is 0 Å². The molecular weight excluding hydrogens is 440 g/mol. The van der Waals surface area contributed by atoms with Gasteiger partial charge in [-0.05, 0) is 37.1 Å². The average molecular weight is 467 g/mol. The molecule has 0 saturated carbocycles. The molecule has 3 aromatic rings. The Morgan fingerprint density at radius 3 is 2.33 bits per heavy atom. The van der Waals surface area contributed by atoms with Gasteiger partial charge in [-0.1, -0.05) is 60.2 Å². The number of anilines is 1. The fourth-order valence-electron chi connectivity index (χ4n) is 3.65. The largest absolute Gasteiger partial charge is 0.454 e. The van der Waals surface area contributed by atoms with E-state index in [1.807, 2.05) is 61.5 Å². The van der Waals surface area contributed by atoms with Gasteiger partial charge in [0.2, 0.25) is 22.7 Å².